The molecule has 3 aromatic rings. The number of nitriles is 2. The highest BCUT2D eigenvalue weighted by atomic mass is 32.1. The van der Waals surface area contributed by atoms with E-state index < -0.39 is 0 Å². The predicted octanol–water partition coefficient (Wildman–Crippen LogP) is 4.31. The molecular formula is C16H8N2S. The van der Waals surface area contributed by atoms with E-state index in [2.05, 4.69) is 18.2 Å². The van der Waals surface area contributed by atoms with E-state index in [0.717, 1.165) is 20.5 Å². The van der Waals surface area contributed by atoms with Gasteiger partial charge in [0.25, 0.3) is 0 Å². The minimum Gasteiger partial charge on any atom is -0.192 e. The van der Waals surface area contributed by atoms with Crippen LogP contribution in [0.2, 0.25) is 0 Å². The van der Waals surface area contributed by atoms with Crippen LogP contribution in [0.4, 0.5) is 0 Å². The van der Waals surface area contributed by atoms with Gasteiger partial charge in [0.1, 0.15) is 0 Å². The van der Waals surface area contributed by atoms with Crippen molar-refractivity contribution in [2.24, 2.45) is 0 Å². The van der Waals surface area contributed by atoms with Gasteiger partial charge in [-0.25, -0.2) is 0 Å². The normalized spacial score (nSPS) is 10.0. The van der Waals surface area contributed by atoms with Gasteiger partial charge >= 0.3 is 0 Å². The molecule has 0 saturated heterocycles. The van der Waals surface area contributed by atoms with Crippen LogP contribution >= 0.6 is 11.3 Å². The number of nitrogens with zero attached hydrogens (tertiary/aromatic N) is 2. The highest BCUT2D eigenvalue weighted by Gasteiger charge is 2.05. The summed E-state index contributed by atoms with van der Waals surface area (Å²) < 4.78 is 1.11. The topological polar surface area (TPSA) is 47.6 Å². The Hall–Kier alpha value is -2.62. The molecule has 0 amide bonds. The molecule has 1 aromatic heterocycles. The molecule has 0 N–H and O–H groups in total. The van der Waals surface area contributed by atoms with Crippen LogP contribution in [0, 0.1) is 22.7 Å². The van der Waals surface area contributed by atoms with E-state index in [9.17, 15) is 0 Å². The number of rotatable bonds is 1. The maximum Gasteiger partial charge on any atom is 0.0992 e. The molecule has 0 fully saturated rings. The summed E-state index contributed by atoms with van der Waals surface area (Å²) in [6.07, 6.45) is 0. The molecular weight excluding hydrogens is 252 g/mol. The van der Waals surface area contributed by atoms with Crippen molar-refractivity contribution in [3.8, 4) is 22.6 Å². The second kappa shape index (κ2) is 4.57. The number of hydrogen-bond donors (Lipinski definition) is 0. The first kappa shape index (κ1) is 11.5. The van der Waals surface area contributed by atoms with E-state index in [-0.39, 0.29) is 0 Å². The quantitative estimate of drug-likeness (QED) is 0.654. The minimum absolute atomic E-state index is 0.664. The summed E-state index contributed by atoms with van der Waals surface area (Å²) in [5.74, 6) is 0. The first-order valence-electron chi connectivity index (χ1n) is 5.74. The molecule has 2 nitrogen and oxygen atoms in total. The molecule has 0 aliphatic carbocycles. The largest absolute Gasteiger partial charge is 0.192 e. The number of benzene rings is 2. The highest BCUT2D eigenvalue weighted by molar-refractivity contribution is 7.22. The van der Waals surface area contributed by atoms with Gasteiger partial charge < -0.3 is 0 Å². The van der Waals surface area contributed by atoms with Gasteiger partial charge in [-0.2, -0.15) is 10.5 Å². The predicted molar refractivity (Wildman–Crippen MR) is 76.7 cm³/mol. The zero-order valence-electron chi connectivity index (χ0n) is 9.92. The van der Waals surface area contributed by atoms with Gasteiger partial charge in [0.15, 0.2) is 0 Å². The zero-order valence-corrected chi connectivity index (χ0v) is 10.7. The second-order valence-electron chi connectivity index (χ2n) is 4.16. The average molecular weight is 260 g/mol. The van der Waals surface area contributed by atoms with Gasteiger partial charge in [0.2, 0.25) is 0 Å². The smallest absolute Gasteiger partial charge is 0.0992 e. The number of hydrogen-bond acceptors (Lipinski definition) is 3. The van der Waals surface area contributed by atoms with Crippen LogP contribution in [0.25, 0.3) is 20.5 Å². The first-order chi connectivity index (χ1) is 9.30. The third-order valence-corrected chi connectivity index (χ3v) is 4.09. The van der Waals surface area contributed by atoms with Gasteiger partial charge in [0.05, 0.1) is 23.3 Å². The van der Waals surface area contributed by atoms with Crippen LogP contribution in [0.5, 0.6) is 0 Å². The molecule has 0 spiro atoms. The Morgan fingerprint density at radius 2 is 1.47 bits per heavy atom. The van der Waals surface area contributed by atoms with E-state index in [1.54, 1.807) is 11.3 Å². The van der Waals surface area contributed by atoms with E-state index >= 15 is 0 Å². The van der Waals surface area contributed by atoms with Gasteiger partial charge in [-0.1, -0.05) is 18.2 Å². The van der Waals surface area contributed by atoms with Crippen LogP contribution in [-0.2, 0) is 0 Å². The third-order valence-electron chi connectivity index (χ3n) is 2.95. The SMILES string of the molecule is N#Cc1ccc(-c2cc3ccc(C#N)cc3s2)cc1. The molecule has 0 aliphatic rings. The van der Waals surface area contributed by atoms with Gasteiger partial charge in [-0.3, -0.25) is 0 Å². The summed E-state index contributed by atoms with van der Waals surface area (Å²) in [4.78, 5) is 1.15. The summed E-state index contributed by atoms with van der Waals surface area (Å²) in [6.45, 7) is 0. The monoisotopic (exact) mass is 260 g/mol. The Labute approximate surface area is 114 Å². The number of fused-ring (bicyclic) bond motifs is 1. The summed E-state index contributed by atoms with van der Waals surface area (Å²) in [6, 6.07) is 19.6. The molecule has 2 aromatic carbocycles. The van der Waals surface area contributed by atoms with Gasteiger partial charge in [-0.15, -0.1) is 11.3 Å². The lowest BCUT2D eigenvalue weighted by atomic mass is 10.1. The van der Waals surface area contributed by atoms with Gasteiger partial charge in [0, 0.05) is 9.58 Å². The molecule has 19 heavy (non-hydrogen) atoms. The van der Waals surface area contributed by atoms with Crippen LogP contribution in [0.3, 0.4) is 0 Å². The van der Waals surface area contributed by atoms with Crippen molar-refractivity contribution in [3.05, 3.63) is 59.7 Å². The van der Waals surface area contributed by atoms with Crippen molar-refractivity contribution in [2.75, 3.05) is 0 Å². The summed E-state index contributed by atoms with van der Waals surface area (Å²) in [5.41, 5.74) is 2.44. The molecule has 0 atom stereocenters. The van der Waals surface area contributed by atoms with E-state index in [1.165, 1.54) is 0 Å². The third kappa shape index (κ3) is 2.08. The molecule has 1 heterocycles. The van der Waals surface area contributed by atoms with E-state index in [4.69, 9.17) is 10.5 Å². The molecule has 88 valence electrons. The first-order valence-corrected chi connectivity index (χ1v) is 6.56. The summed E-state index contributed by atoms with van der Waals surface area (Å²) >= 11 is 1.66. The van der Waals surface area contributed by atoms with Crippen molar-refractivity contribution in [1.29, 1.82) is 10.5 Å². The Bertz CT molecular complexity index is 830. The summed E-state index contributed by atoms with van der Waals surface area (Å²) in [7, 11) is 0. The number of thiophene rings is 1. The standard InChI is InChI=1S/C16H8N2S/c17-9-11-1-4-13(5-2-11)16-8-14-6-3-12(10-18)7-15(14)19-16/h1-8H. The summed E-state index contributed by atoms with van der Waals surface area (Å²) in [5, 5.41) is 18.8. The van der Waals surface area contributed by atoms with Crippen molar-refractivity contribution >= 4 is 21.4 Å². The van der Waals surface area contributed by atoms with Crippen LogP contribution in [0.15, 0.2) is 48.5 Å². The maximum atomic E-state index is 8.90. The van der Waals surface area contributed by atoms with Crippen molar-refractivity contribution in [2.45, 2.75) is 0 Å². The zero-order chi connectivity index (χ0) is 13.2. The fourth-order valence-corrected chi connectivity index (χ4v) is 3.06. The lowest BCUT2D eigenvalue weighted by Gasteiger charge is -1.95. The molecule has 0 saturated carbocycles. The second-order valence-corrected chi connectivity index (χ2v) is 5.25. The van der Waals surface area contributed by atoms with Crippen molar-refractivity contribution in [3.63, 3.8) is 0 Å². The van der Waals surface area contributed by atoms with Crippen LogP contribution in [-0.4, -0.2) is 0 Å². The fraction of sp³-hybridized carbons (Fsp3) is 0. The lowest BCUT2D eigenvalue weighted by molar-refractivity contribution is 1.49. The molecule has 0 bridgehead atoms. The minimum atomic E-state index is 0.664. The Balaban J connectivity index is 2.10. The van der Waals surface area contributed by atoms with Crippen molar-refractivity contribution < 1.29 is 0 Å². The molecule has 3 rings (SSSR count). The maximum absolute atomic E-state index is 8.90. The highest BCUT2D eigenvalue weighted by Crippen LogP contribution is 2.33. The van der Waals surface area contributed by atoms with Crippen LogP contribution in [0.1, 0.15) is 11.1 Å². The van der Waals surface area contributed by atoms with E-state index in [0.29, 0.717) is 11.1 Å². The van der Waals surface area contributed by atoms with E-state index in [1.807, 2.05) is 42.5 Å². The van der Waals surface area contributed by atoms with Gasteiger partial charge in [-0.05, 0) is 41.3 Å². The molecule has 0 unspecified atom stereocenters. The Morgan fingerprint density at radius 1 is 0.789 bits per heavy atom. The Kier molecular flexibility index (Phi) is 2.76. The molecule has 0 radical (unpaired) electrons. The van der Waals surface area contributed by atoms with Crippen molar-refractivity contribution in [1.82, 2.24) is 0 Å². The van der Waals surface area contributed by atoms with Crippen LogP contribution < -0.4 is 0 Å². The molecule has 3 heteroatoms. The lowest BCUT2D eigenvalue weighted by Crippen LogP contribution is -1.74. The fourth-order valence-electron chi connectivity index (χ4n) is 1.95. The molecule has 0 aliphatic heterocycles. The Morgan fingerprint density at radius 3 is 2.16 bits per heavy atom. The average Bonchev–Trinajstić information content (AvgIpc) is 2.90.